The normalized spacial score (nSPS) is 27.8. The van der Waals surface area contributed by atoms with E-state index in [2.05, 4.69) is 17.3 Å². The number of hydrogen-bond acceptors (Lipinski definition) is 5. The van der Waals surface area contributed by atoms with Gasteiger partial charge in [-0.25, -0.2) is 4.79 Å². The first-order valence-corrected chi connectivity index (χ1v) is 9.56. The zero-order valence-corrected chi connectivity index (χ0v) is 15.4. The van der Waals surface area contributed by atoms with E-state index in [9.17, 15) is 14.4 Å². The van der Waals surface area contributed by atoms with Crippen molar-refractivity contribution in [3.8, 4) is 11.3 Å². The van der Waals surface area contributed by atoms with Crippen molar-refractivity contribution < 1.29 is 23.9 Å². The number of carboxylic acids is 1. The van der Waals surface area contributed by atoms with Crippen molar-refractivity contribution in [2.45, 2.75) is 12.8 Å². The molecule has 2 bridgehead atoms. The summed E-state index contributed by atoms with van der Waals surface area (Å²) in [4.78, 5) is 36.5. The number of furan rings is 1. The highest BCUT2D eigenvalue weighted by Gasteiger charge is 2.56. The third-order valence-corrected chi connectivity index (χ3v) is 6.08. The molecule has 1 aromatic carbocycles. The van der Waals surface area contributed by atoms with E-state index >= 15 is 0 Å². The Kier molecular flexibility index (Phi) is 3.97. The highest BCUT2D eigenvalue weighted by molar-refractivity contribution is 6.06. The fourth-order valence-electron chi connectivity index (χ4n) is 4.64. The number of rotatable bonds is 4. The second-order valence-electron chi connectivity index (χ2n) is 7.66. The molecule has 0 unspecified atom stereocenters. The van der Waals surface area contributed by atoms with Gasteiger partial charge in [0.25, 0.3) is 11.8 Å². The molecule has 2 heterocycles. The predicted octanol–water partition coefficient (Wildman–Crippen LogP) is 3.18. The third-order valence-electron chi connectivity index (χ3n) is 6.08. The highest BCUT2D eigenvalue weighted by atomic mass is 16.4. The fraction of sp³-hybridized carbons (Fsp3) is 0.273. The van der Waals surface area contributed by atoms with Crippen LogP contribution >= 0.6 is 0 Å². The number of amides is 2. The number of hydrogen-bond donors (Lipinski definition) is 1. The van der Waals surface area contributed by atoms with Gasteiger partial charge in [0.1, 0.15) is 11.5 Å². The number of aromatic carboxylic acids is 1. The first-order valence-electron chi connectivity index (χ1n) is 9.56. The van der Waals surface area contributed by atoms with E-state index < -0.39 is 5.97 Å². The van der Waals surface area contributed by atoms with Crippen molar-refractivity contribution >= 4 is 24.0 Å². The Morgan fingerprint density at radius 2 is 1.62 bits per heavy atom. The van der Waals surface area contributed by atoms with Gasteiger partial charge in [0.2, 0.25) is 0 Å². The Hall–Kier alpha value is -3.48. The number of benzene rings is 1. The molecular weight excluding hydrogens is 372 g/mol. The van der Waals surface area contributed by atoms with Crippen molar-refractivity contribution in [3.63, 3.8) is 0 Å². The topological polar surface area (TPSA) is 100 Å². The predicted molar refractivity (Wildman–Crippen MR) is 103 cm³/mol. The third kappa shape index (κ3) is 2.81. The van der Waals surface area contributed by atoms with Crippen molar-refractivity contribution in [2.24, 2.45) is 28.8 Å². The van der Waals surface area contributed by atoms with Crippen LogP contribution in [0.1, 0.15) is 29.0 Å². The number of allylic oxidation sites excluding steroid dienone is 2. The summed E-state index contributed by atoms with van der Waals surface area (Å²) in [7, 11) is 0. The summed E-state index contributed by atoms with van der Waals surface area (Å²) in [6.07, 6.45) is 7.41. The molecular formula is C22H18N2O5. The molecule has 4 atom stereocenters. The molecule has 6 rings (SSSR count). The Labute approximate surface area is 166 Å². The van der Waals surface area contributed by atoms with Crippen LogP contribution in [0.3, 0.4) is 0 Å². The highest BCUT2D eigenvalue weighted by Crippen LogP contribution is 2.49. The van der Waals surface area contributed by atoms with Gasteiger partial charge in [-0.15, -0.1) is 0 Å². The van der Waals surface area contributed by atoms with E-state index in [0.717, 1.165) is 23.4 Å². The van der Waals surface area contributed by atoms with Crippen LogP contribution in [0.15, 0.2) is 58.1 Å². The van der Waals surface area contributed by atoms with Crippen LogP contribution in [0.4, 0.5) is 0 Å². The molecule has 1 aromatic heterocycles. The van der Waals surface area contributed by atoms with Crippen LogP contribution in [0.5, 0.6) is 0 Å². The van der Waals surface area contributed by atoms with Crippen molar-refractivity contribution in [3.05, 3.63) is 59.9 Å². The second kappa shape index (κ2) is 6.55. The van der Waals surface area contributed by atoms with E-state index in [-0.39, 0.29) is 41.0 Å². The SMILES string of the molecule is O=C(O)c1ccc(-c2ccc(/C=N\N3C(=O)[C@@H]4[C@@H](C3=O)[C@@H]3C=C[C@@H]4CC3)o2)cc1. The summed E-state index contributed by atoms with van der Waals surface area (Å²) < 4.78 is 5.72. The second-order valence-corrected chi connectivity index (χ2v) is 7.66. The Morgan fingerprint density at radius 1 is 1.00 bits per heavy atom. The van der Waals surface area contributed by atoms with Crippen LogP contribution in [0.2, 0.25) is 0 Å². The Morgan fingerprint density at radius 3 is 2.17 bits per heavy atom. The van der Waals surface area contributed by atoms with Crippen molar-refractivity contribution in [1.29, 1.82) is 0 Å². The number of hydrazone groups is 1. The molecule has 0 radical (unpaired) electrons. The number of fused-ring (bicyclic) bond motifs is 1. The maximum Gasteiger partial charge on any atom is 0.335 e. The summed E-state index contributed by atoms with van der Waals surface area (Å²) in [5.74, 6) is -0.828. The lowest BCUT2D eigenvalue weighted by Crippen LogP contribution is -2.38. The smallest absolute Gasteiger partial charge is 0.335 e. The maximum absolute atomic E-state index is 12.8. The lowest BCUT2D eigenvalue weighted by molar-refractivity contribution is -0.140. The standard InChI is InChI=1S/C22H18N2O5/c25-20-18-13-3-4-14(6-5-13)19(18)21(26)24(20)23-11-16-9-10-17(29-16)12-1-7-15(8-2-12)22(27)28/h1-4,7-11,13-14,18-19H,5-6H2,(H,27,28)/b23-11-/t13-,14-,18+,19+/m1/s1. The average molecular weight is 390 g/mol. The van der Waals surface area contributed by atoms with Crippen molar-refractivity contribution in [1.82, 2.24) is 5.01 Å². The van der Waals surface area contributed by atoms with Crippen LogP contribution in [-0.4, -0.2) is 34.1 Å². The molecule has 2 aromatic rings. The van der Waals surface area contributed by atoms with E-state index in [1.807, 2.05) is 0 Å². The van der Waals surface area contributed by atoms with Gasteiger partial charge >= 0.3 is 5.97 Å². The van der Waals surface area contributed by atoms with E-state index in [4.69, 9.17) is 9.52 Å². The molecule has 3 aliphatic carbocycles. The van der Waals surface area contributed by atoms with Gasteiger partial charge in [-0.1, -0.05) is 24.3 Å². The molecule has 1 saturated carbocycles. The first kappa shape index (κ1) is 17.6. The zero-order chi connectivity index (χ0) is 20.1. The average Bonchev–Trinajstić information content (AvgIpc) is 3.32. The summed E-state index contributed by atoms with van der Waals surface area (Å²) in [5.41, 5.74) is 0.912. The molecule has 1 saturated heterocycles. The van der Waals surface area contributed by atoms with Gasteiger partial charge in [-0.2, -0.15) is 10.1 Å². The number of carbonyl (C=O) groups excluding carboxylic acids is 2. The quantitative estimate of drug-likeness (QED) is 0.491. The maximum atomic E-state index is 12.8. The molecule has 146 valence electrons. The molecule has 0 spiro atoms. The molecule has 1 aliphatic heterocycles. The van der Waals surface area contributed by atoms with Gasteiger partial charge in [-0.05, 0) is 48.9 Å². The number of nitrogens with zero attached hydrogens (tertiary/aromatic N) is 2. The van der Waals surface area contributed by atoms with Gasteiger partial charge in [-0.3, -0.25) is 9.59 Å². The van der Waals surface area contributed by atoms with Gasteiger partial charge < -0.3 is 9.52 Å². The monoisotopic (exact) mass is 390 g/mol. The summed E-state index contributed by atoms with van der Waals surface area (Å²) >= 11 is 0. The van der Waals surface area contributed by atoms with Crippen LogP contribution in [-0.2, 0) is 9.59 Å². The Balaban J connectivity index is 1.34. The first-order chi connectivity index (χ1) is 14.0. The molecule has 1 N–H and O–H groups in total. The molecule has 29 heavy (non-hydrogen) atoms. The van der Waals surface area contributed by atoms with Gasteiger partial charge in [0.05, 0.1) is 23.6 Å². The Bertz CT molecular complexity index is 1030. The minimum atomic E-state index is -0.993. The van der Waals surface area contributed by atoms with E-state index in [0.29, 0.717) is 11.5 Å². The molecule has 2 amide bonds. The van der Waals surface area contributed by atoms with Gasteiger partial charge in [0.15, 0.2) is 0 Å². The van der Waals surface area contributed by atoms with Crippen LogP contribution in [0, 0.1) is 23.7 Å². The summed E-state index contributed by atoms with van der Waals surface area (Å²) in [5, 5.41) is 14.1. The van der Waals surface area contributed by atoms with E-state index in [1.165, 1.54) is 18.3 Å². The largest absolute Gasteiger partial charge is 0.478 e. The lowest BCUT2D eigenvalue weighted by atomic mass is 9.63. The summed E-state index contributed by atoms with van der Waals surface area (Å²) in [6, 6.07) is 9.73. The molecule has 7 nitrogen and oxygen atoms in total. The number of imide groups is 1. The van der Waals surface area contributed by atoms with Crippen molar-refractivity contribution in [2.75, 3.05) is 0 Å². The fourth-order valence-corrected chi connectivity index (χ4v) is 4.64. The molecule has 7 heteroatoms. The van der Waals surface area contributed by atoms with Crippen LogP contribution in [0.25, 0.3) is 11.3 Å². The number of carbonyl (C=O) groups is 3. The number of carboxylic acid groups (broad SMARTS) is 1. The molecule has 4 aliphatic rings. The van der Waals surface area contributed by atoms with Crippen LogP contribution < -0.4 is 0 Å². The zero-order valence-electron chi connectivity index (χ0n) is 15.4. The van der Waals surface area contributed by atoms with Gasteiger partial charge in [0, 0.05) is 5.56 Å². The minimum absolute atomic E-state index is 0.130. The minimum Gasteiger partial charge on any atom is -0.478 e. The summed E-state index contributed by atoms with van der Waals surface area (Å²) in [6.45, 7) is 0. The van der Waals surface area contributed by atoms with E-state index in [1.54, 1.807) is 24.3 Å². The molecule has 2 fully saturated rings. The lowest BCUT2D eigenvalue weighted by Gasteiger charge is -2.37.